The molecule has 1 unspecified atom stereocenters. The predicted molar refractivity (Wildman–Crippen MR) is 78.4 cm³/mol. The van der Waals surface area contributed by atoms with Gasteiger partial charge >= 0.3 is 5.97 Å². The van der Waals surface area contributed by atoms with E-state index in [1.807, 2.05) is 20.8 Å². The number of carbonyl (C=O) groups excluding carboxylic acids is 1. The van der Waals surface area contributed by atoms with Gasteiger partial charge in [-0.05, 0) is 18.4 Å². The van der Waals surface area contributed by atoms with Gasteiger partial charge in [0.15, 0.2) is 0 Å². The monoisotopic (exact) mass is 289 g/mol. The van der Waals surface area contributed by atoms with Gasteiger partial charge in [-0.3, -0.25) is 19.7 Å². The zero-order valence-corrected chi connectivity index (χ0v) is 12.4. The highest BCUT2D eigenvalue weighted by atomic mass is 16.4. The lowest BCUT2D eigenvalue weighted by Crippen LogP contribution is -2.38. The van der Waals surface area contributed by atoms with Crippen LogP contribution in [0, 0.1) is 5.92 Å². The van der Waals surface area contributed by atoms with Gasteiger partial charge in [0, 0.05) is 24.5 Å². The number of hydrogen-bond donors (Lipinski definition) is 1. The number of aromatic carboxylic acids is 1. The van der Waals surface area contributed by atoms with Crippen LogP contribution < -0.4 is 0 Å². The Bertz CT molecular complexity index is 596. The molecule has 2 rings (SSSR count). The Morgan fingerprint density at radius 1 is 1.43 bits per heavy atom. The summed E-state index contributed by atoms with van der Waals surface area (Å²) in [5, 5.41) is 9.05. The molecule has 0 aliphatic carbocycles. The molecule has 1 aromatic rings. The summed E-state index contributed by atoms with van der Waals surface area (Å²) in [6, 6.07) is 1.12. The standard InChI is InChI=1S/C15H19N3O3/c1-4-12-14(19)18(8-9(2)3)13(17-12)10-5-11(15(20)21)7-16-6-10/h5-7,9,12H,4,8H2,1-3H3,(H,20,21). The second-order valence-corrected chi connectivity index (χ2v) is 5.49. The van der Waals surface area contributed by atoms with E-state index in [0.717, 1.165) is 0 Å². The molecule has 21 heavy (non-hydrogen) atoms. The van der Waals surface area contributed by atoms with E-state index in [-0.39, 0.29) is 17.5 Å². The van der Waals surface area contributed by atoms with E-state index in [1.165, 1.54) is 12.3 Å². The summed E-state index contributed by atoms with van der Waals surface area (Å²) in [7, 11) is 0. The Morgan fingerprint density at radius 2 is 2.14 bits per heavy atom. The van der Waals surface area contributed by atoms with E-state index in [2.05, 4.69) is 9.98 Å². The number of nitrogens with zero attached hydrogens (tertiary/aromatic N) is 3. The number of hydrogen-bond acceptors (Lipinski definition) is 4. The third-order valence-electron chi connectivity index (χ3n) is 3.26. The fourth-order valence-electron chi connectivity index (χ4n) is 2.27. The van der Waals surface area contributed by atoms with Crippen LogP contribution >= 0.6 is 0 Å². The van der Waals surface area contributed by atoms with Crippen molar-refractivity contribution in [3.05, 3.63) is 29.6 Å². The van der Waals surface area contributed by atoms with Crippen molar-refractivity contribution in [3.63, 3.8) is 0 Å². The highest BCUT2D eigenvalue weighted by molar-refractivity contribution is 6.14. The van der Waals surface area contributed by atoms with Gasteiger partial charge in [-0.25, -0.2) is 4.79 Å². The van der Waals surface area contributed by atoms with E-state index >= 15 is 0 Å². The Labute approximate surface area is 123 Å². The fourth-order valence-corrected chi connectivity index (χ4v) is 2.27. The molecule has 0 bridgehead atoms. The largest absolute Gasteiger partial charge is 0.478 e. The van der Waals surface area contributed by atoms with Crippen LogP contribution in [0.3, 0.4) is 0 Å². The Morgan fingerprint density at radius 3 is 2.71 bits per heavy atom. The van der Waals surface area contributed by atoms with E-state index < -0.39 is 5.97 Å². The second-order valence-electron chi connectivity index (χ2n) is 5.49. The topological polar surface area (TPSA) is 82.9 Å². The van der Waals surface area contributed by atoms with Crippen LogP contribution in [0.25, 0.3) is 0 Å². The van der Waals surface area contributed by atoms with Crippen LogP contribution in [0.1, 0.15) is 43.1 Å². The number of carboxylic acid groups (broad SMARTS) is 1. The molecule has 1 N–H and O–H groups in total. The molecule has 0 radical (unpaired) electrons. The number of carbonyl (C=O) groups is 2. The summed E-state index contributed by atoms with van der Waals surface area (Å²) in [6.07, 6.45) is 3.46. The molecule has 0 saturated heterocycles. The number of aromatic nitrogens is 1. The van der Waals surface area contributed by atoms with Gasteiger partial charge in [-0.2, -0.15) is 0 Å². The van der Waals surface area contributed by atoms with Gasteiger partial charge in [0.25, 0.3) is 5.91 Å². The molecule has 0 fully saturated rings. The van der Waals surface area contributed by atoms with E-state index in [4.69, 9.17) is 5.11 Å². The van der Waals surface area contributed by atoms with Gasteiger partial charge in [0.2, 0.25) is 0 Å². The quantitative estimate of drug-likeness (QED) is 0.896. The first-order chi connectivity index (χ1) is 9.93. The maximum atomic E-state index is 12.3. The molecular formula is C15H19N3O3. The number of rotatable bonds is 5. The zero-order chi connectivity index (χ0) is 15.6. The van der Waals surface area contributed by atoms with E-state index in [1.54, 1.807) is 11.1 Å². The van der Waals surface area contributed by atoms with Crippen molar-refractivity contribution >= 4 is 17.7 Å². The minimum atomic E-state index is -1.04. The highest BCUT2D eigenvalue weighted by Gasteiger charge is 2.34. The van der Waals surface area contributed by atoms with Gasteiger partial charge < -0.3 is 5.11 Å². The second kappa shape index (κ2) is 6.03. The minimum absolute atomic E-state index is 0.0260. The molecule has 0 saturated carbocycles. The van der Waals surface area contributed by atoms with Crippen LogP contribution in [0.5, 0.6) is 0 Å². The molecule has 6 heteroatoms. The smallest absolute Gasteiger partial charge is 0.337 e. The van der Waals surface area contributed by atoms with Gasteiger partial charge in [0.1, 0.15) is 11.9 Å². The number of amides is 1. The molecule has 0 aromatic carbocycles. The average Bonchev–Trinajstić information content (AvgIpc) is 2.75. The van der Waals surface area contributed by atoms with Crippen molar-refractivity contribution < 1.29 is 14.7 Å². The maximum absolute atomic E-state index is 12.3. The van der Waals surface area contributed by atoms with E-state index in [0.29, 0.717) is 30.3 Å². The van der Waals surface area contributed by atoms with Gasteiger partial charge in [0.05, 0.1) is 5.56 Å². The first-order valence-corrected chi connectivity index (χ1v) is 7.02. The Balaban J connectivity index is 2.41. The zero-order valence-electron chi connectivity index (χ0n) is 12.4. The molecule has 1 aromatic heterocycles. The van der Waals surface area contributed by atoms with Crippen LogP contribution in [-0.4, -0.2) is 45.3 Å². The summed E-state index contributed by atoms with van der Waals surface area (Å²) in [6.45, 7) is 6.52. The first kappa shape index (κ1) is 15.2. The van der Waals surface area contributed by atoms with Crippen molar-refractivity contribution in [3.8, 4) is 0 Å². The van der Waals surface area contributed by atoms with Crippen LogP contribution in [0.15, 0.2) is 23.5 Å². The average molecular weight is 289 g/mol. The van der Waals surface area contributed by atoms with Crippen LogP contribution in [-0.2, 0) is 4.79 Å². The third-order valence-corrected chi connectivity index (χ3v) is 3.26. The van der Waals surface area contributed by atoms with Crippen molar-refractivity contribution in [2.24, 2.45) is 10.9 Å². The summed E-state index contributed by atoms with van der Waals surface area (Å²) in [5.41, 5.74) is 0.659. The Hall–Kier alpha value is -2.24. The third kappa shape index (κ3) is 3.09. The SMILES string of the molecule is CCC1N=C(c2cncc(C(=O)O)c2)N(CC(C)C)C1=O. The molecule has 6 nitrogen and oxygen atoms in total. The summed E-state index contributed by atoms with van der Waals surface area (Å²) >= 11 is 0. The van der Waals surface area contributed by atoms with Crippen LogP contribution in [0.2, 0.25) is 0 Å². The molecule has 2 heterocycles. The number of aliphatic imine (C=N–C) groups is 1. The summed E-state index contributed by atoms with van der Waals surface area (Å²) in [5.74, 6) is -0.250. The maximum Gasteiger partial charge on any atom is 0.337 e. The first-order valence-electron chi connectivity index (χ1n) is 7.02. The van der Waals surface area contributed by atoms with Crippen molar-refractivity contribution in [1.29, 1.82) is 0 Å². The lowest BCUT2D eigenvalue weighted by Gasteiger charge is -2.21. The minimum Gasteiger partial charge on any atom is -0.478 e. The van der Waals surface area contributed by atoms with Crippen molar-refractivity contribution in [2.75, 3.05) is 6.54 Å². The Kier molecular flexibility index (Phi) is 4.35. The van der Waals surface area contributed by atoms with E-state index in [9.17, 15) is 9.59 Å². The number of carboxylic acids is 1. The number of pyridine rings is 1. The molecular weight excluding hydrogens is 270 g/mol. The van der Waals surface area contributed by atoms with Crippen molar-refractivity contribution in [2.45, 2.75) is 33.2 Å². The highest BCUT2D eigenvalue weighted by Crippen LogP contribution is 2.20. The van der Waals surface area contributed by atoms with Crippen LogP contribution in [0.4, 0.5) is 0 Å². The molecule has 0 spiro atoms. The molecule has 1 amide bonds. The lowest BCUT2D eigenvalue weighted by molar-refractivity contribution is -0.127. The van der Waals surface area contributed by atoms with Gasteiger partial charge in [-0.1, -0.05) is 20.8 Å². The molecule has 1 aliphatic heterocycles. The molecule has 1 aliphatic rings. The molecule has 1 atom stereocenters. The van der Waals surface area contributed by atoms with Crippen molar-refractivity contribution in [1.82, 2.24) is 9.88 Å². The normalized spacial score (nSPS) is 18.3. The van der Waals surface area contributed by atoms with Gasteiger partial charge in [-0.15, -0.1) is 0 Å². The number of amidine groups is 1. The molecule has 112 valence electrons. The summed E-state index contributed by atoms with van der Waals surface area (Å²) in [4.78, 5) is 33.4. The lowest BCUT2D eigenvalue weighted by atomic mass is 10.1. The summed E-state index contributed by atoms with van der Waals surface area (Å²) < 4.78 is 0. The fraction of sp³-hybridized carbons (Fsp3) is 0.467. The predicted octanol–water partition coefficient (Wildman–Crippen LogP) is 1.80.